The summed E-state index contributed by atoms with van der Waals surface area (Å²) in [7, 11) is 0. The van der Waals surface area contributed by atoms with Crippen molar-refractivity contribution in [1.82, 2.24) is 10.6 Å². The molecule has 40 heavy (non-hydrogen) atoms. The molecule has 13 heteroatoms. The molecule has 4 unspecified atom stereocenters. The van der Waals surface area contributed by atoms with Crippen LogP contribution in [0.25, 0.3) is 11.1 Å². The number of aliphatic hydroxyl groups is 3. The number of hydrogen-bond acceptors (Lipinski definition) is 9. The number of carboxylic acid groups (broad SMARTS) is 1. The monoisotopic (exact) mass is 568 g/mol. The van der Waals surface area contributed by atoms with E-state index in [1.807, 2.05) is 30.3 Å². The Morgan fingerprint density at radius 3 is 2.35 bits per heavy atom. The van der Waals surface area contributed by atoms with Gasteiger partial charge in [0.1, 0.15) is 18.2 Å². The van der Waals surface area contributed by atoms with Gasteiger partial charge >= 0.3 is 29.6 Å². The van der Waals surface area contributed by atoms with E-state index in [1.54, 1.807) is 24.3 Å². The van der Waals surface area contributed by atoms with Gasteiger partial charge in [0.05, 0.1) is 24.9 Å². The van der Waals surface area contributed by atoms with E-state index in [2.05, 4.69) is 17.2 Å². The van der Waals surface area contributed by atoms with Crippen LogP contribution in [0.1, 0.15) is 16.8 Å². The predicted molar refractivity (Wildman–Crippen MR) is 134 cm³/mol. The van der Waals surface area contributed by atoms with E-state index in [0.29, 0.717) is 0 Å². The van der Waals surface area contributed by atoms with Crippen molar-refractivity contribution >= 4 is 17.8 Å². The minimum Gasteiger partial charge on any atom is -0.544 e. The molecule has 1 aliphatic heterocycles. The molecule has 1 saturated heterocycles. The number of benzene rings is 2. The van der Waals surface area contributed by atoms with Crippen LogP contribution in [0.3, 0.4) is 0 Å². The Labute approximate surface area is 252 Å². The molecule has 5 N–H and O–H groups in total. The summed E-state index contributed by atoms with van der Waals surface area (Å²) in [5.41, 5.74) is 2.10. The summed E-state index contributed by atoms with van der Waals surface area (Å²) in [6, 6.07) is 14.6. The van der Waals surface area contributed by atoms with Gasteiger partial charge in [-0.25, -0.2) is 4.39 Å². The van der Waals surface area contributed by atoms with Crippen LogP contribution in [0.15, 0.2) is 67.3 Å². The number of alkyl halides is 1. The van der Waals surface area contributed by atoms with E-state index in [0.717, 1.165) is 11.1 Å². The number of nitrogens with one attached hydrogen (secondary N) is 2. The summed E-state index contributed by atoms with van der Waals surface area (Å²) in [5.74, 6) is -6.21. The van der Waals surface area contributed by atoms with Crippen molar-refractivity contribution in [3.63, 3.8) is 0 Å². The number of amides is 2. The molecule has 1 aliphatic rings. The molecule has 3 rings (SSSR count). The Morgan fingerprint density at radius 2 is 1.77 bits per heavy atom. The standard InChI is InChI=1S/C27H31FN2O9.Na/c1-2-12-38-27(26(36)37)13-19(31)22(30-21(33)14-28)24(39-27)23(34)20(32)15-29-25(35)18-10-8-17(9-11-18)16-6-4-3-5-7-16;/h2-11,19-20,22-24,31-32,34H,1,12-15H2,(H,29,35)(H,30,33)(H,36,37);/q;+1/p-1/t19?,20-,22?,23+,24?,27?;/m1./s1. The van der Waals surface area contributed by atoms with Crippen LogP contribution in [0, 0.1) is 0 Å². The Morgan fingerprint density at radius 1 is 1.15 bits per heavy atom. The maximum absolute atomic E-state index is 12.9. The molecule has 0 radical (unpaired) electrons. The van der Waals surface area contributed by atoms with E-state index in [4.69, 9.17) is 9.47 Å². The van der Waals surface area contributed by atoms with Crippen molar-refractivity contribution in [1.29, 1.82) is 0 Å². The first-order valence-corrected chi connectivity index (χ1v) is 12.1. The van der Waals surface area contributed by atoms with E-state index >= 15 is 0 Å². The topological polar surface area (TPSA) is 177 Å². The molecular formula is C27H30FN2NaO9. The predicted octanol–water partition coefficient (Wildman–Crippen LogP) is -3.94. The Balaban J connectivity index is 0.00000560. The van der Waals surface area contributed by atoms with Crippen molar-refractivity contribution in [2.75, 3.05) is 19.8 Å². The largest absolute Gasteiger partial charge is 1.00 e. The summed E-state index contributed by atoms with van der Waals surface area (Å²) < 4.78 is 23.5. The van der Waals surface area contributed by atoms with Crippen LogP contribution in [0.4, 0.5) is 4.39 Å². The number of carbonyl (C=O) groups excluding carboxylic acids is 3. The second kappa shape index (κ2) is 15.4. The Bertz CT molecular complexity index is 1150. The molecule has 2 aromatic carbocycles. The number of halogens is 1. The van der Waals surface area contributed by atoms with E-state index < -0.39 is 73.7 Å². The van der Waals surface area contributed by atoms with Crippen molar-refractivity contribution in [3.8, 4) is 11.1 Å². The first-order chi connectivity index (χ1) is 18.6. The van der Waals surface area contributed by atoms with Crippen molar-refractivity contribution in [2.24, 2.45) is 0 Å². The third-order valence-electron chi connectivity index (χ3n) is 6.22. The normalized spacial score (nSPS) is 23.6. The van der Waals surface area contributed by atoms with Crippen LogP contribution < -0.4 is 45.3 Å². The molecule has 0 spiro atoms. The van der Waals surface area contributed by atoms with E-state index in [1.165, 1.54) is 6.08 Å². The molecule has 0 bridgehead atoms. The number of aliphatic hydroxyl groups excluding tert-OH is 3. The zero-order valence-corrected chi connectivity index (χ0v) is 23.9. The summed E-state index contributed by atoms with van der Waals surface area (Å²) in [6.07, 6.45) is -6.78. The van der Waals surface area contributed by atoms with Crippen molar-refractivity contribution in [3.05, 3.63) is 72.8 Å². The summed E-state index contributed by atoms with van der Waals surface area (Å²) in [5, 5.41) is 48.5. The summed E-state index contributed by atoms with van der Waals surface area (Å²) in [6.45, 7) is 1.08. The zero-order valence-electron chi connectivity index (χ0n) is 21.9. The first-order valence-electron chi connectivity index (χ1n) is 12.1. The molecule has 0 saturated carbocycles. The molecule has 1 heterocycles. The fourth-order valence-electron chi connectivity index (χ4n) is 4.21. The molecule has 2 aromatic rings. The molecule has 0 aromatic heterocycles. The number of hydrogen-bond donors (Lipinski definition) is 5. The van der Waals surface area contributed by atoms with Gasteiger partial charge in [0, 0.05) is 18.5 Å². The van der Waals surface area contributed by atoms with Gasteiger partial charge in [0.25, 0.3) is 11.8 Å². The smallest absolute Gasteiger partial charge is 0.544 e. The average Bonchev–Trinajstić information content (AvgIpc) is 2.95. The average molecular weight is 569 g/mol. The number of ether oxygens (including phenoxy) is 2. The van der Waals surface area contributed by atoms with Crippen molar-refractivity contribution < 1.29 is 78.2 Å². The first kappa shape index (κ1) is 33.5. The van der Waals surface area contributed by atoms with Gasteiger partial charge in [0.15, 0.2) is 6.67 Å². The van der Waals surface area contributed by atoms with Gasteiger partial charge < -0.3 is 45.3 Å². The van der Waals surface area contributed by atoms with Gasteiger partial charge in [-0.1, -0.05) is 48.5 Å². The third-order valence-corrected chi connectivity index (χ3v) is 6.22. The fourth-order valence-corrected chi connectivity index (χ4v) is 4.21. The third kappa shape index (κ3) is 8.18. The minimum atomic E-state index is -2.57. The molecule has 6 atom stereocenters. The Kier molecular flexibility index (Phi) is 12.9. The maximum Gasteiger partial charge on any atom is 1.00 e. The Hall–Kier alpha value is -2.68. The van der Waals surface area contributed by atoms with Gasteiger partial charge in [-0.2, -0.15) is 0 Å². The number of carbonyl (C=O) groups is 3. The number of rotatable bonds is 12. The zero-order chi connectivity index (χ0) is 28.6. The number of aliphatic carboxylic acids is 1. The van der Waals surface area contributed by atoms with Crippen LogP contribution >= 0.6 is 0 Å². The molecule has 11 nitrogen and oxygen atoms in total. The van der Waals surface area contributed by atoms with Gasteiger partial charge in [-0.15, -0.1) is 6.58 Å². The quantitative estimate of drug-likeness (QED) is 0.126. The maximum atomic E-state index is 12.9. The van der Waals surface area contributed by atoms with Crippen LogP contribution in [0.5, 0.6) is 0 Å². The molecule has 210 valence electrons. The minimum absolute atomic E-state index is 0. The van der Waals surface area contributed by atoms with Crippen LogP contribution in [0.2, 0.25) is 0 Å². The van der Waals surface area contributed by atoms with Gasteiger partial charge in [0.2, 0.25) is 5.79 Å². The van der Waals surface area contributed by atoms with E-state index in [9.17, 15) is 39.2 Å². The SMILES string of the molecule is C=CCOC1(C(=O)[O-])CC(O)C(NC(=O)CF)C([C@@H](O)[C@H](O)CNC(=O)c2ccc(-c3ccccc3)cc2)O1.[Na+]. The summed E-state index contributed by atoms with van der Waals surface area (Å²) in [4.78, 5) is 36.2. The second-order valence-electron chi connectivity index (χ2n) is 8.93. The molecular weight excluding hydrogens is 538 g/mol. The summed E-state index contributed by atoms with van der Waals surface area (Å²) >= 11 is 0. The van der Waals surface area contributed by atoms with Crippen LogP contribution in [-0.2, 0) is 19.1 Å². The van der Waals surface area contributed by atoms with E-state index in [-0.39, 0.29) is 41.7 Å². The second-order valence-corrected chi connectivity index (χ2v) is 8.93. The van der Waals surface area contributed by atoms with Gasteiger partial charge in [-0.05, 0) is 23.3 Å². The molecule has 2 amide bonds. The molecule has 1 fully saturated rings. The van der Waals surface area contributed by atoms with Crippen LogP contribution in [-0.4, -0.2) is 89.2 Å². The number of carboxylic acids is 1. The van der Waals surface area contributed by atoms with Crippen molar-refractivity contribution in [2.45, 2.75) is 42.7 Å². The van der Waals surface area contributed by atoms with Gasteiger partial charge in [-0.3, -0.25) is 9.59 Å². The molecule has 0 aliphatic carbocycles. The fraction of sp³-hybridized carbons (Fsp3) is 0.370.